The lowest BCUT2D eigenvalue weighted by molar-refractivity contribution is 0.297. The average molecular weight is 326 g/mol. The minimum Gasteiger partial charge on any atom is -0.490 e. The van der Waals surface area contributed by atoms with Gasteiger partial charge in [-0.3, -0.25) is 0 Å². The molecule has 0 saturated carbocycles. The van der Waals surface area contributed by atoms with Crippen LogP contribution in [0.25, 0.3) is 0 Å². The number of rotatable bonds is 2. The highest BCUT2D eigenvalue weighted by atomic mass is 79.9. The van der Waals surface area contributed by atoms with Crippen LogP contribution in [0.1, 0.15) is 24.8 Å². The van der Waals surface area contributed by atoms with Crippen molar-refractivity contribution < 1.29 is 9.47 Å². The van der Waals surface area contributed by atoms with E-state index in [0.29, 0.717) is 0 Å². The Labute approximate surface area is 122 Å². The average Bonchev–Trinajstić information content (AvgIpc) is 2.65. The van der Waals surface area contributed by atoms with Crippen LogP contribution in [0.2, 0.25) is 0 Å². The molecule has 1 aromatic carbocycles. The Kier molecular flexibility index (Phi) is 4.28. The molecule has 2 aliphatic heterocycles. The highest BCUT2D eigenvalue weighted by Gasteiger charge is 2.18. The maximum absolute atomic E-state index is 5.77. The third-order valence-electron chi connectivity index (χ3n) is 3.82. The van der Waals surface area contributed by atoms with Crippen molar-refractivity contribution in [2.75, 3.05) is 26.3 Å². The van der Waals surface area contributed by atoms with E-state index in [1.165, 1.54) is 24.9 Å². The molecule has 1 N–H and O–H groups in total. The number of ether oxygens (including phenoxy) is 2. The second-order valence-corrected chi connectivity index (χ2v) is 6.21. The van der Waals surface area contributed by atoms with Crippen LogP contribution < -0.4 is 14.8 Å². The monoisotopic (exact) mass is 325 g/mol. The zero-order valence-electron chi connectivity index (χ0n) is 11.1. The topological polar surface area (TPSA) is 30.5 Å². The zero-order valence-corrected chi connectivity index (χ0v) is 12.7. The van der Waals surface area contributed by atoms with Gasteiger partial charge in [0.05, 0.1) is 13.2 Å². The fourth-order valence-electron chi connectivity index (χ4n) is 2.79. The van der Waals surface area contributed by atoms with E-state index in [0.717, 1.165) is 54.5 Å². The maximum Gasteiger partial charge on any atom is 0.162 e. The largest absolute Gasteiger partial charge is 0.490 e. The van der Waals surface area contributed by atoms with Crippen LogP contribution in [-0.2, 0) is 6.42 Å². The molecule has 2 heterocycles. The Morgan fingerprint density at radius 3 is 2.68 bits per heavy atom. The summed E-state index contributed by atoms with van der Waals surface area (Å²) < 4.78 is 12.6. The zero-order chi connectivity index (χ0) is 13.1. The van der Waals surface area contributed by atoms with Gasteiger partial charge in [-0.05, 0) is 56.0 Å². The Hall–Kier alpha value is -0.740. The minimum absolute atomic E-state index is 0.731. The van der Waals surface area contributed by atoms with Gasteiger partial charge in [-0.15, -0.1) is 0 Å². The van der Waals surface area contributed by atoms with Gasteiger partial charge in [0.15, 0.2) is 11.5 Å². The van der Waals surface area contributed by atoms with Crippen LogP contribution in [0.4, 0.5) is 0 Å². The second kappa shape index (κ2) is 6.14. The third-order valence-corrected chi connectivity index (χ3v) is 4.56. The Bertz CT molecular complexity index is 444. The first-order chi connectivity index (χ1) is 9.33. The highest BCUT2D eigenvalue weighted by molar-refractivity contribution is 9.10. The van der Waals surface area contributed by atoms with E-state index in [9.17, 15) is 0 Å². The molecule has 4 heteroatoms. The molecule has 1 atom stereocenters. The van der Waals surface area contributed by atoms with Gasteiger partial charge in [-0.2, -0.15) is 0 Å². The van der Waals surface area contributed by atoms with Crippen molar-refractivity contribution in [1.29, 1.82) is 0 Å². The van der Waals surface area contributed by atoms with E-state index in [4.69, 9.17) is 9.47 Å². The standard InChI is InChI=1S/C15H20BrNO2/c16-13-9-15-14(18-5-2-6-19-15)8-12(13)7-11-3-1-4-17-10-11/h8-9,11,17H,1-7,10H2. The molecular weight excluding hydrogens is 306 g/mol. The van der Waals surface area contributed by atoms with Crippen LogP contribution in [0.5, 0.6) is 11.5 Å². The summed E-state index contributed by atoms with van der Waals surface area (Å²) in [5, 5.41) is 3.48. The van der Waals surface area contributed by atoms with Crippen LogP contribution in [-0.4, -0.2) is 26.3 Å². The van der Waals surface area contributed by atoms with E-state index in [-0.39, 0.29) is 0 Å². The number of benzene rings is 1. The van der Waals surface area contributed by atoms with Gasteiger partial charge in [0.25, 0.3) is 0 Å². The van der Waals surface area contributed by atoms with Crippen LogP contribution in [0.3, 0.4) is 0 Å². The van der Waals surface area contributed by atoms with Crippen molar-refractivity contribution >= 4 is 15.9 Å². The predicted octanol–water partition coefficient (Wildman–Crippen LogP) is 3.15. The first-order valence-electron chi connectivity index (χ1n) is 7.11. The summed E-state index contributed by atoms with van der Waals surface area (Å²) in [6, 6.07) is 4.21. The van der Waals surface area contributed by atoms with Crippen LogP contribution in [0.15, 0.2) is 16.6 Å². The van der Waals surface area contributed by atoms with Crippen molar-refractivity contribution in [1.82, 2.24) is 5.32 Å². The number of piperidine rings is 1. The number of halogens is 1. The van der Waals surface area contributed by atoms with Gasteiger partial charge in [0.1, 0.15) is 0 Å². The molecule has 3 nitrogen and oxygen atoms in total. The molecule has 0 spiro atoms. The van der Waals surface area contributed by atoms with Crippen molar-refractivity contribution in [3.63, 3.8) is 0 Å². The summed E-state index contributed by atoms with van der Waals surface area (Å²) in [6.45, 7) is 3.78. The SMILES string of the molecule is Brc1cc2c(cc1CC1CCCNC1)OCCCO2. The molecule has 1 aromatic rings. The van der Waals surface area contributed by atoms with Gasteiger partial charge >= 0.3 is 0 Å². The molecule has 0 amide bonds. The van der Waals surface area contributed by atoms with E-state index in [1.807, 2.05) is 0 Å². The molecule has 0 bridgehead atoms. The smallest absolute Gasteiger partial charge is 0.162 e. The van der Waals surface area contributed by atoms with Crippen LogP contribution in [0, 0.1) is 5.92 Å². The normalized spacial score (nSPS) is 22.9. The third kappa shape index (κ3) is 3.23. The molecule has 0 aliphatic carbocycles. The Balaban J connectivity index is 1.78. The summed E-state index contributed by atoms with van der Waals surface area (Å²) in [5.74, 6) is 2.50. The first-order valence-corrected chi connectivity index (χ1v) is 7.91. The molecule has 1 unspecified atom stereocenters. The van der Waals surface area contributed by atoms with Gasteiger partial charge < -0.3 is 14.8 Å². The second-order valence-electron chi connectivity index (χ2n) is 5.36. The molecule has 1 fully saturated rings. The van der Waals surface area contributed by atoms with Gasteiger partial charge in [-0.1, -0.05) is 15.9 Å². The number of nitrogens with one attached hydrogen (secondary N) is 1. The summed E-state index contributed by atoms with van der Waals surface area (Å²) in [4.78, 5) is 0. The Morgan fingerprint density at radius 1 is 1.16 bits per heavy atom. The molecule has 0 radical (unpaired) electrons. The summed E-state index contributed by atoms with van der Waals surface area (Å²) in [6.07, 6.45) is 4.65. The molecule has 19 heavy (non-hydrogen) atoms. The fraction of sp³-hybridized carbons (Fsp3) is 0.600. The van der Waals surface area contributed by atoms with E-state index < -0.39 is 0 Å². The van der Waals surface area contributed by atoms with Gasteiger partial charge in [-0.25, -0.2) is 0 Å². The van der Waals surface area contributed by atoms with Crippen LogP contribution >= 0.6 is 15.9 Å². The Morgan fingerprint density at radius 2 is 1.95 bits per heavy atom. The highest BCUT2D eigenvalue weighted by Crippen LogP contribution is 2.36. The van der Waals surface area contributed by atoms with E-state index in [1.54, 1.807) is 0 Å². The molecule has 3 rings (SSSR count). The lowest BCUT2D eigenvalue weighted by Gasteiger charge is -2.23. The van der Waals surface area contributed by atoms with Crippen molar-refractivity contribution in [3.8, 4) is 11.5 Å². The quantitative estimate of drug-likeness (QED) is 0.906. The lowest BCUT2D eigenvalue weighted by atomic mass is 9.92. The molecule has 104 valence electrons. The fourth-order valence-corrected chi connectivity index (χ4v) is 3.28. The molecule has 0 aromatic heterocycles. The van der Waals surface area contributed by atoms with E-state index >= 15 is 0 Å². The number of hydrogen-bond acceptors (Lipinski definition) is 3. The molecule has 2 aliphatic rings. The summed E-state index contributed by atoms with van der Waals surface area (Å²) >= 11 is 3.67. The predicted molar refractivity (Wildman–Crippen MR) is 79.0 cm³/mol. The van der Waals surface area contributed by atoms with Crippen molar-refractivity contribution in [2.45, 2.75) is 25.7 Å². The minimum atomic E-state index is 0.731. The first kappa shape index (κ1) is 13.3. The van der Waals surface area contributed by atoms with Gasteiger partial charge in [0, 0.05) is 10.9 Å². The van der Waals surface area contributed by atoms with Gasteiger partial charge in [0.2, 0.25) is 0 Å². The van der Waals surface area contributed by atoms with Crippen molar-refractivity contribution in [2.24, 2.45) is 5.92 Å². The molecule has 1 saturated heterocycles. The summed E-state index contributed by atoms with van der Waals surface area (Å²) in [5.41, 5.74) is 1.33. The number of hydrogen-bond donors (Lipinski definition) is 1. The maximum atomic E-state index is 5.77. The lowest BCUT2D eigenvalue weighted by Crippen LogP contribution is -2.30. The molecular formula is C15H20BrNO2. The van der Waals surface area contributed by atoms with E-state index in [2.05, 4.69) is 33.4 Å². The summed E-state index contributed by atoms with van der Waals surface area (Å²) in [7, 11) is 0. The number of fused-ring (bicyclic) bond motifs is 1. The van der Waals surface area contributed by atoms with Crippen molar-refractivity contribution in [3.05, 3.63) is 22.2 Å².